The van der Waals surface area contributed by atoms with E-state index in [2.05, 4.69) is 21.0 Å². The summed E-state index contributed by atoms with van der Waals surface area (Å²) in [5.74, 6) is -0.430. The monoisotopic (exact) mass is 378 g/mol. The third kappa shape index (κ3) is 2.58. The summed E-state index contributed by atoms with van der Waals surface area (Å²) in [6, 6.07) is 13.2. The molecule has 0 fully saturated rings. The molecule has 0 aliphatic carbocycles. The standard InChI is InChI=1S/C16H9BrClFN2O/c17-16-12(9-22)15(10-4-3-5-11(18)8-10)20-21(16)14-7-2-1-6-13(14)19/h1-9H. The minimum absolute atomic E-state index is 0.255. The summed E-state index contributed by atoms with van der Waals surface area (Å²) in [6.07, 6.45) is 0.685. The van der Waals surface area contributed by atoms with Crippen molar-refractivity contribution in [3.63, 3.8) is 0 Å². The van der Waals surface area contributed by atoms with Crippen molar-refractivity contribution < 1.29 is 9.18 Å². The van der Waals surface area contributed by atoms with E-state index in [1.807, 2.05) is 0 Å². The smallest absolute Gasteiger partial charge is 0.155 e. The van der Waals surface area contributed by atoms with Crippen LogP contribution in [-0.2, 0) is 0 Å². The second-order valence-corrected chi connectivity index (χ2v) is 5.73. The van der Waals surface area contributed by atoms with Gasteiger partial charge < -0.3 is 0 Å². The van der Waals surface area contributed by atoms with E-state index in [9.17, 15) is 9.18 Å². The summed E-state index contributed by atoms with van der Waals surface area (Å²) in [5, 5.41) is 4.90. The number of hydrogen-bond acceptors (Lipinski definition) is 2. The summed E-state index contributed by atoms with van der Waals surface area (Å²) >= 11 is 9.30. The Morgan fingerprint density at radius 1 is 1.18 bits per heavy atom. The number of carbonyl (C=O) groups excluding carboxylic acids is 1. The number of aldehydes is 1. The first kappa shape index (κ1) is 14.9. The minimum atomic E-state index is -0.430. The third-order valence-electron chi connectivity index (χ3n) is 3.16. The SMILES string of the molecule is O=Cc1c(-c2cccc(Cl)c2)nn(-c2ccccc2F)c1Br. The zero-order valence-electron chi connectivity index (χ0n) is 11.1. The van der Waals surface area contributed by atoms with Crippen LogP contribution in [-0.4, -0.2) is 16.1 Å². The van der Waals surface area contributed by atoms with E-state index in [0.717, 1.165) is 0 Å². The predicted molar refractivity (Wildman–Crippen MR) is 87.1 cm³/mol. The number of para-hydroxylation sites is 1. The van der Waals surface area contributed by atoms with Gasteiger partial charge in [-0.15, -0.1) is 0 Å². The van der Waals surface area contributed by atoms with Gasteiger partial charge in [0.2, 0.25) is 0 Å². The fourth-order valence-electron chi connectivity index (χ4n) is 2.15. The number of benzene rings is 2. The van der Waals surface area contributed by atoms with E-state index in [4.69, 9.17) is 11.6 Å². The van der Waals surface area contributed by atoms with Gasteiger partial charge in [0.05, 0.1) is 5.56 Å². The molecule has 2 aromatic carbocycles. The Bertz CT molecular complexity index is 863. The summed E-state index contributed by atoms with van der Waals surface area (Å²) in [4.78, 5) is 11.4. The van der Waals surface area contributed by atoms with Gasteiger partial charge in [-0.25, -0.2) is 9.07 Å². The Labute approximate surface area is 139 Å². The van der Waals surface area contributed by atoms with Crippen LogP contribution < -0.4 is 0 Å². The van der Waals surface area contributed by atoms with Crippen molar-refractivity contribution in [2.75, 3.05) is 0 Å². The molecule has 6 heteroatoms. The molecule has 3 rings (SSSR count). The van der Waals surface area contributed by atoms with Crippen LogP contribution in [0.15, 0.2) is 53.1 Å². The first-order chi connectivity index (χ1) is 10.6. The van der Waals surface area contributed by atoms with E-state index >= 15 is 0 Å². The summed E-state index contributed by atoms with van der Waals surface area (Å²) in [7, 11) is 0. The molecule has 0 bridgehead atoms. The molecule has 0 radical (unpaired) electrons. The van der Waals surface area contributed by atoms with Gasteiger partial charge in [0.25, 0.3) is 0 Å². The Morgan fingerprint density at radius 3 is 2.64 bits per heavy atom. The largest absolute Gasteiger partial charge is 0.298 e. The fraction of sp³-hybridized carbons (Fsp3) is 0. The molecular weight excluding hydrogens is 371 g/mol. The van der Waals surface area contributed by atoms with Crippen molar-refractivity contribution in [2.24, 2.45) is 0 Å². The van der Waals surface area contributed by atoms with Crippen LogP contribution >= 0.6 is 27.5 Å². The molecule has 3 aromatic rings. The van der Waals surface area contributed by atoms with Gasteiger partial charge in [-0.2, -0.15) is 5.10 Å². The molecule has 0 unspecified atom stereocenters. The highest BCUT2D eigenvalue weighted by atomic mass is 79.9. The topological polar surface area (TPSA) is 34.9 Å². The Hall–Kier alpha value is -1.98. The lowest BCUT2D eigenvalue weighted by atomic mass is 10.1. The predicted octanol–water partition coefficient (Wildman–Crippen LogP) is 4.91. The molecule has 0 aliphatic heterocycles. The molecule has 0 atom stereocenters. The normalized spacial score (nSPS) is 10.7. The lowest BCUT2D eigenvalue weighted by Gasteiger charge is -2.04. The average molecular weight is 380 g/mol. The van der Waals surface area contributed by atoms with Crippen LogP contribution in [0, 0.1) is 5.82 Å². The molecule has 22 heavy (non-hydrogen) atoms. The molecule has 0 aliphatic rings. The zero-order valence-corrected chi connectivity index (χ0v) is 13.5. The van der Waals surface area contributed by atoms with Gasteiger partial charge in [-0.3, -0.25) is 4.79 Å². The maximum absolute atomic E-state index is 14.0. The van der Waals surface area contributed by atoms with E-state index in [1.54, 1.807) is 42.5 Å². The number of rotatable bonds is 3. The molecule has 110 valence electrons. The number of aromatic nitrogens is 2. The highest BCUT2D eigenvalue weighted by molar-refractivity contribution is 9.10. The Morgan fingerprint density at radius 2 is 1.95 bits per heavy atom. The van der Waals surface area contributed by atoms with E-state index in [-0.39, 0.29) is 5.69 Å². The Balaban J connectivity index is 2.24. The summed E-state index contributed by atoms with van der Waals surface area (Å²) < 4.78 is 15.7. The molecule has 0 saturated carbocycles. The van der Waals surface area contributed by atoms with Crippen molar-refractivity contribution in [3.8, 4) is 16.9 Å². The van der Waals surface area contributed by atoms with Crippen LogP contribution in [0.4, 0.5) is 4.39 Å². The average Bonchev–Trinajstić information content (AvgIpc) is 2.84. The van der Waals surface area contributed by atoms with Crippen LogP contribution in [0.1, 0.15) is 10.4 Å². The van der Waals surface area contributed by atoms with Crippen molar-refractivity contribution >= 4 is 33.8 Å². The quantitative estimate of drug-likeness (QED) is 0.606. The summed E-state index contributed by atoms with van der Waals surface area (Å²) in [5.41, 5.74) is 1.72. The Kier molecular flexibility index (Phi) is 4.09. The molecule has 0 spiro atoms. The van der Waals surface area contributed by atoms with Crippen LogP contribution in [0.2, 0.25) is 5.02 Å². The molecule has 0 N–H and O–H groups in total. The molecule has 1 aromatic heterocycles. The van der Waals surface area contributed by atoms with Crippen molar-refractivity contribution in [2.45, 2.75) is 0 Å². The number of carbonyl (C=O) groups is 1. The number of nitrogens with zero attached hydrogens (tertiary/aromatic N) is 2. The summed E-state index contributed by atoms with van der Waals surface area (Å²) in [6.45, 7) is 0. The van der Waals surface area contributed by atoms with Gasteiger partial charge in [0.15, 0.2) is 6.29 Å². The third-order valence-corrected chi connectivity index (χ3v) is 4.16. The van der Waals surface area contributed by atoms with Gasteiger partial charge in [-0.1, -0.05) is 35.9 Å². The lowest BCUT2D eigenvalue weighted by molar-refractivity contribution is 0.112. The first-order valence-electron chi connectivity index (χ1n) is 6.36. The number of halogens is 3. The second-order valence-electron chi connectivity index (χ2n) is 4.54. The second kappa shape index (κ2) is 6.02. The molecule has 3 nitrogen and oxygen atoms in total. The number of hydrogen-bond donors (Lipinski definition) is 0. The van der Waals surface area contributed by atoms with Gasteiger partial charge in [0.1, 0.15) is 21.8 Å². The molecule has 1 heterocycles. The van der Waals surface area contributed by atoms with Crippen LogP contribution in [0.3, 0.4) is 0 Å². The fourth-order valence-corrected chi connectivity index (χ4v) is 2.89. The zero-order chi connectivity index (χ0) is 15.7. The van der Waals surface area contributed by atoms with E-state index < -0.39 is 5.82 Å². The van der Waals surface area contributed by atoms with Gasteiger partial charge in [-0.05, 0) is 40.2 Å². The van der Waals surface area contributed by atoms with Crippen LogP contribution in [0.5, 0.6) is 0 Å². The first-order valence-corrected chi connectivity index (χ1v) is 7.53. The van der Waals surface area contributed by atoms with Gasteiger partial charge >= 0.3 is 0 Å². The van der Waals surface area contributed by atoms with E-state index in [1.165, 1.54) is 10.7 Å². The van der Waals surface area contributed by atoms with Crippen LogP contribution in [0.25, 0.3) is 16.9 Å². The van der Waals surface area contributed by atoms with E-state index in [0.29, 0.717) is 32.7 Å². The molecule has 0 amide bonds. The highest BCUT2D eigenvalue weighted by Gasteiger charge is 2.19. The van der Waals surface area contributed by atoms with Crippen molar-refractivity contribution in [1.82, 2.24) is 9.78 Å². The molecular formula is C16H9BrClFN2O. The molecule has 0 saturated heterocycles. The van der Waals surface area contributed by atoms with Gasteiger partial charge in [0, 0.05) is 10.6 Å². The lowest BCUT2D eigenvalue weighted by Crippen LogP contribution is -2.00. The highest BCUT2D eigenvalue weighted by Crippen LogP contribution is 2.31. The van der Waals surface area contributed by atoms with Crippen molar-refractivity contribution in [1.29, 1.82) is 0 Å². The maximum Gasteiger partial charge on any atom is 0.155 e. The van der Waals surface area contributed by atoms with Crippen molar-refractivity contribution in [3.05, 3.63) is 69.5 Å². The maximum atomic E-state index is 14.0. The minimum Gasteiger partial charge on any atom is -0.298 e.